The predicted molar refractivity (Wildman–Crippen MR) is 64.2 cm³/mol. The molecule has 1 nitrogen and oxygen atoms in total. The first-order valence-electron chi connectivity index (χ1n) is 4.66. The quantitative estimate of drug-likeness (QED) is 0.633. The number of hydrogen-bond donors (Lipinski definition) is 0. The van der Waals surface area contributed by atoms with E-state index in [4.69, 9.17) is 0 Å². The Kier molecular flexibility index (Phi) is 3.86. The van der Waals surface area contributed by atoms with Crippen LogP contribution >= 0.6 is 0 Å². The summed E-state index contributed by atoms with van der Waals surface area (Å²) in [6.07, 6.45) is 7.48. The highest BCUT2D eigenvalue weighted by Gasteiger charge is 1.95. The highest BCUT2D eigenvalue weighted by Crippen LogP contribution is 2.20. The standard InChI is InChI=1S/C13H15N/c1-4-6-9-14-13-8-7-11(3)10-12(13)5-2/h4-10H,2H2,1,3H3/b6-4-,14-9?. The summed E-state index contributed by atoms with van der Waals surface area (Å²) in [6, 6.07) is 6.14. The third kappa shape index (κ3) is 2.70. The van der Waals surface area contributed by atoms with Gasteiger partial charge in [-0.05, 0) is 37.6 Å². The molecule has 14 heavy (non-hydrogen) atoms. The van der Waals surface area contributed by atoms with E-state index in [-0.39, 0.29) is 0 Å². The van der Waals surface area contributed by atoms with Crippen LogP contribution in [0.4, 0.5) is 5.69 Å². The van der Waals surface area contributed by atoms with Crippen LogP contribution in [0.15, 0.2) is 41.9 Å². The minimum atomic E-state index is 0.962. The number of allylic oxidation sites excluding steroid dienone is 2. The van der Waals surface area contributed by atoms with Gasteiger partial charge in [-0.15, -0.1) is 0 Å². The molecule has 1 heteroatoms. The minimum absolute atomic E-state index is 0.962. The second kappa shape index (κ2) is 5.18. The van der Waals surface area contributed by atoms with Gasteiger partial charge in [-0.1, -0.05) is 30.4 Å². The summed E-state index contributed by atoms with van der Waals surface area (Å²) in [5.41, 5.74) is 3.26. The van der Waals surface area contributed by atoms with E-state index in [2.05, 4.69) is 30.6 Å². The molecule has 0 N–H and O–H groups in total. The molecule has 1 aromatic carbocycles. The monoisotopic (exact) mass is 185 g/mol. The molecule has 0 radical (unpaired) electrons. The number of hydrogen-bond acceptors (Lipinski definition) is 1. The normalized spacial score (nSPS) is 11.3. The van der Waals surface area contributed by atoms with Crippen molar-refractivity contribution in [2.24, 2.45) is 4.99 Å². The van der Waals surface area contributed by atoms with Gasteiger partial charge < -0.3 is 0 Å². The maximum Gasteiger partial charge on any atom is 0.0701 e. The van der Waals surface area contributed by atoms with Crippen LogP contribution in [0.5, 0.6) is 0 Å². The van der Waals surface area contributed by atoms with Gasteiger partial charge in [-0.3, -0.25) is 4.99 Å². The van der Waals surface area contributed by atoms with Crippen LogP contribution in [0, 0.1) is 6.92 Å². The van der Waals surface area contributed by atoms with Gasteiger partial charge in [0.2, 0.25) is 0 Å². The van der Waals surface area contributed by atoms with Gasteiger partial charge in [0, 0.05) is 6.21 Å². The Labute approximate surface area is 85.5 Å². The zero-order valence-corrected chi connectivity index (χ0v) is 8.70. The summed E-state index contributed by atoms with van der Waals surface area (Å²) < 4.78 is 0. The molecule has 0 unspecified atom stereocenters. The Hall–Kier alpha value is -1.63. The summed E-state index contributed by atoms with van der Waals surface area (Å²) >= 11 is 0. The van der Waals surface area contributed by atoms with E-state index in [1.165, 1.54) is 5.56 Å². The van der Waals surface area contributed by atoms with Gasteiger partial charge in [0.1, 0.15) is 0 Å². The molecule has 0 aromatic heterocycles. The van der Waals surface area contributed by atoms with Crippen molar-refractivity contribution in [1.82, 2.24) is 0 Å². The van der Waals surface area contributed by atoms with Crippen molar-refractivity contribution < 1.29 is 0 Å². The third-order valence-electron chi connectivity index (χ3n) is 1.90. The molecule has 0 aliphatic carbocycles. The Balaban J connectivity index is 3.02. The van der Waals surface area contributed by atoms with Gasteiger partial charge in [-0.25, -0.2) is 0 Å². The molecule has 0 fully saturated rings. The molecule has 0 amide bonds. The number of benzene rings is 1. The fourth-order valence-electron chi connectivity index (χ4n) is 1.16. The SMILES string of the molecule is C=Cc1cc(C)ccc1N=C/C=C\C. The van der Waals surface area contributed by atoms with E-state index in [9.17, 15) is 0 Å². The molecular weight excluding hydrogens is 170 g/mol. The molecular formula is C13H15N. The van der Waals surface area contributed by atoms with Crippen molar-refractivity contribution in [3.8, 4) is 0 Å². The van der Waals surface area contributed by atoms with Crippen molar-refractivity contribution in [2.45, 2.75) is 13.8 Å². The first-order valence-corrected chi connectivity index (χ1v) is 4.66. The molecule has 0 aliphatic rings. The van der Waals surface area contributed by atoms with Gasteiger partial charge >= 0.3 is 0 Å². The number of aryl methyl sites for hydroxylation is 1. The Bertz CT molecular complexity index is 373. The first kappa shape index (κ1) is 10.5. The van der Waals surface area contributed by atoms with Gasteiger partial charge in [-0.2, -0.15) is 0 Å². The smallest absolute Gasteiger partial charge is 0.0701 e. The Morgan fingerprint density at radius 2 is 2.14 bits per heavy atom. The largest absolute Gasteiger partial charge is 0.256 e. The molecule has 0 saturated carbocycles. The van der Waals surface area contributed by atoms with E-state index in [0.29, 0.717) is 0 Å². The van der Waals surface area contributed by atoms with Crippen LogP contribution in [0.25, 0.3) is 6.08 Å². The number of aliphatic imine (C=N–C) groups is 1. The van der Waals surface area contributed by atoms with Crippen LogP contribution in [0.2, 0.25) is 0 Å². The third-order valence-corrected chi connectivity index (χ3v) is 1.90. The lowest BCUT2D eigenvalue weighted by molar-refractivity contribution is 1.42. The lowest BCUT2D eigenvalue weighted by Crippen LogP contribution is -1.77. The van der Waals surface area contributed by atoms with E-state index in [1.54, 1.807) is 6.21 Å². The second-order valence-electron chi connectivity index (χ2n) is 3.07. The zero-order chi connectivity index (χ0) is 10.4. The summed E-state index contributed by atoms with van der Waals surface area (Å²) in [6.45, 7) is 7.80. The molecule has 0 bridgehead atoms. The van der Waals surface area contributed by atoms with Crippen molar-refractivity contribution in [1.29, 1.82) is 0 Å². The predicted octanol–water partition coefficient (Wildman–Crippen LogP) is 3.92. The fourth-order valence-corrected chi connectivity index (χ4v) is 1.16. The van der Waals surface area contributed by atoms with Crippen molar-refractivity contribution in [2.75, 3.05) is 0 Å². The van der Waals surface area contributed by atoms with E-state index < -0.39 is 0 Å². The van der Waals surface area contributed by atoms with Crippen LogP contribution in [0.3, 0.4) is 0 Å². The highest BCUT2D eigenvalue weighted by atomic mass is 14.7. The second-order valence-corrected chi connectivity index (χ2v) is 3.07. The van der Waals surface area contributed by atoms with Crippen LogP contribution in [0.1, 0.15) is 18.1 Å². The fraction of sp³-hybridized carbons (Fsp3) is 0.154. The van der Waals surface area contributed by atoms with Crippen LogP contribution in [-0.2, 0) is 0 Å². The lowest BCUT2D eigenvalue weighted by Gasteiger charge is -2.00. The van der Waals surface area contributed by atoms with Gasteiger partial charge in [0.05, 0.1) is 5.69 Å². The van der Waals surface area contributed by atoms with Gasteiger partial charge in [0.25, 0.3) is 0 Å². The van der Waals surface area contributed by atoms with E-state index >= 15 is 0 Å². The van der Waals surface area contributed by atoms with Crippen molar-refractivity contribution >= 4 is 18.0 Å². The van der Waals surface area contributed by atoms with Crippen LogP contribution in [-0.4, -0.2) is 6.21 Å². The Morgan fingerprint density at radius 1 is 1.36 bits per heavy atom. The maximum absolute atomic E-state index is 4.32. The molecule has 0 spiro atoms. The molecule has 0 atom stereocenters. The molecule has 72 valence electrons. The van der Waals surface area contributed by atoms with Gasteiger partial charge in [0.15, 0.2) is 0 Å². The Morgan fingerprint density at radius 3 is 2.79 bits per heavy atom. The lowest BCUT2D eigenvalue weighted by atomic mass is 10.1. The first-order chi connectivity index (χ1) is 6.77. The summed E-state index contributed by atoms with van der Waals surface area (Å²) in [7, 11) is 0. The summed E-state index contributed by atoms with van der Waals surface area (Å²) in [4.78, 5) is 4.32. The maximum atomic E-state index is 4.32. The average Bonchev–Trinajstić information content (AvgIpc) is 2.20. The number of rotatable bonds is 3. The van der Waals surface area contributed by atoms with Crippen molar-refractivity contribution in [3.05, 3.63) is 48.1 Å². The molecule has 0 heterocycles. The minimum Gasteiger partial charge on any atom is -0.256 e. The zero-order valence-electron chi connectivity index (χ0n) is 8.70. The summed E-state index contributed by atoms with van der Waals surface area (Å²) in [5.74, 6) is 0. The average molecular weight is 185 g/mol. The molecule has 0 saturated heterocycles. The van der Waals surface area contributed by atoms with E-state index in [0.717, 1.165) is 11.3 Å². The number of nitrogens with zero attached hydrogens (tertiary/aromatic N) is 1. The molecule has 0 aliphatic heterocycles. The topological polar surface area (TPSA) is 12.4 Å². The highest BCUT2D eigenvalue weighted by molar-refractivity contribution is 5.77. The van der Waals surface area contributed by atoms with Crippen molar-refractivity contribution in [3.63, 3.8) is 0 Å². The van der Waals surface area contributed by atoms with Crippen LogP contribution < -0.4 is 0 Å². The molecule has 1 aromatic rings. The molecule has 1 rings (SSSR count). The summed E-state index contributed by atoms with van der Waals surface area (Å²) in [5, 5.41) is 0. The van der Waals surface area contributed by atoms with E-state index in [1.807, 2.05) is 31.2 Å².